The molecule has 1 heterocycles. The zero-order valence-electron chi connectivity index (χ0n) is 21.4. The van der Waals surface area contributed by atoms with Gasteiger partial charge in [0.25, 0.3) is 5.56 Å². The summed E-state index contributed by atoms with van der Waals surface area (Å²) in [7, 11) is 1.62. The van der Waals surface area contributed by atoms with Gasteiger partial charge in [0.1, 0.15) is 5.82 Å². The van der Waals surface area contributed by atoms with Gasteiger partial charge in [-0.15, -0.1) is 6.58 Å². The van der Waals surface area contributed by atoms with Gasteiger partial charge in [0.15, 0.2) is 11.5 Å². The summed E-state index contributed by atoms with van der Waals surface area (Å²) in [6, 6.07) is 9.38. The standard InChI is InChI=1S/C28H34BrN3O3/c1-8-10-20-13-19(14-24(34-7)25(20)35-17-28(4,5)6)16-30-32-26(18(3)9-2)31-23-12-11-21(29)15-22(23)27(32)33/h8,11-16,18H,1,9-10,17H2,2-7H3/t18-/m0/s1. The molecule has 0 radical (unpaired) electrons. The van der Waals surface area contributed by atoms with E-state index in [1.807, 2.05) is 37.3 Å². The molecule has 0 saturated carbocycles. The van der Waals surface area contributed by atoms with Crippen molar-refractivity contribution in [3.63, 3.8) is 0 Å². The molecule has 186 valence electrons. The molecule has 7 heteroatoms. The molecule has 0 fully saturated rings. The van der Waals surface area contributed by atoms with Crippen molar-refractivity contribution in [2.24, 2.45) is 10.5 Å². The van der Waals surface area contributed by atoms with Gasteiger partial charge in [-0.25, -0.2) is 4.98 Å². The van der Waals surface area contributed by atoms with Crippen LogP contribution in [0.4, 0.5) is 0 Å². The Morgan fingerprint density at radius 2 is 2.00 bits per heavy atom. The molecule has 0 aliphatic rings. The van der Waals surface area contributed by atoms with Gasteiger partial charge in [0, 0.05) is 16.0 Å². The predicted molar refractivity (Wildman–Crippen MR) is 147 cm³/mol. The molecular weight excluding hydrogens is 506 g/mol. The molecule has 0 saturated heterocycles. The Labute approximate surface area is 215 Å². The largest absolute Gasteiger partial charge is 0.493 e. The lowest BCUT2D eigenvalue weighted by molar-refractivity contribution is 0.190. The van der Waals surface area contributed by atoms with Crippen molar-refractivity contribution in [1.29, 1.82) is 0 Å². The van der Waals surface area contributed by atoms with Crippen molar-refractivity contribution in [3.8, 4) is 11.5 Å². The van der Waals surface area contributed by atoms with E-state index in [1.54, 1.807) is 19.4 Å². The lowest BCUT2D eigenvalue weighted by Gasteiger charge is -2.22. The van der Waals surface area contributed by atoms with Crippen LogP contribution in [0.3, 0.4) is 0 Å². The Morgan fingerprint density at radius 3 is 2.63 bits per heavy atom. The lowest BCUT2D eigenvalue weighted by Crippen LogP contribution is -2.23. The maximum absolute atomic E-state index is 13.4. The van der Waals surface area contributed by atoms with Crippen LogP contribution in [0, 0.1) is 5.41 Å². The van der Waals surface area contributed by atoms with Gasteiger partial charge < -0.3 is 9.47 Å². The first kappa shape index (κ1) is 26.7. The van der Waals surface area contributed by atoms with E-state index in [9.17, 15) is 4.79 Å². The fourth-order valence-corrected chi connectivity index (χ4v) is 3.93. The zero-order valence-corrected chi connectivity index (χ0v) is 23.0. The van der Waals surface area contributed by atoms with Crippen molar-refractivity contribution >= 4 is 33.0 Å². The van der Waals surface area contributed by atoms with Crippen LogP contribution in [-0.2, 0) is 6.42 Å². The summed E-state index contributed by atoms with van der Waals surface area (Å²) in [6.45, 7) is 14.9. The van der Waals surface area contributed by atoms with Crippen LogP contribution < -0.4 is 15.0 Å². The Morgan fingerprint density at radius 1 is 1.26 bits per heavy atom. The first-order chi connectivity index (χ1) is 16.6. The molecule has 0 spiro atoms. The molecule has 1 atom stereocenters. The van der Waals surface area contributed by atoms with Crippen LogP contribution in [0.15, 0.2) is 57.4 Å². The molecule has 2 aromatic carbocycles. The molecule has 3 rings (SSSR count). The van der Waals surface area contributed by atoms with Crippen LogP contribution in [0.2, 0.25) is 0 Å². The minimum Gasteiger partial charge on any atom is -0.493 e. The number of aromatic nitrogens is 2. The minimum absolute atomic E-state index is 0.00219. The third kappa shape index (κ3) is 6.40. The van der Waals surface area contributed by atoms with E-state index in [-0.39, 0.29) is 16.9 Å². The smallest absolute Gasteiger partial charge is 0.282 e. The summed E-state index contributed by atoms with van der Waals surface area (Å²) in [5.41, 5.74) is 2.20. The second kappa shape index (κ2) is 11.2. The fourth-order valence-electron chi connectivity index (χ4n) is 3.57. The van der Waals surface area contributed by atoms with Gasteiger partial charge >= 0.3 is 0 Å². The van der Waals surface area contributed by atoms with E-state index >= 15 is 0 Å². The SMILES string of the molecule is C=CCc1cc(C=Nn2c([C@@H](C)CC)nc3ccc(Br)cc3c2=O)cc(OC)c1OCC(C)(C)C. The molecule has 0 bridgehead atoms. The highest BCUT2D eigenvalue weighted by Crippen LogP contribution is 2.34. The van der Waals surface area contributed by atoms with Crippen molar-refractivity contribution in [2.45, 2.75) is 53.4 Å². The molecule has 6 nitrogen and oxygen atoms in total. The number of rotatable bonds is 9. The monoisotopic (exact) mass is 539 g/mol. The molecular formula is C28H34BrN3O3. The third-order valence-corrected chi connectivity index (χ3v) is 6.09. The average molecular weight is 541 g/mol. The summed E-state index contributed by atoms with van der Waals surface area (Å²) in [4.78, 5) is 18.2. The van der Waals surface area contributed by atoms with Gasteiger partial charge in [-0.05, 0) is 54.2 Å². The van der Waals surface area contributed by atoms with Crippen molar-refractivity contribution in [3.05, 3.63) is 74.8 Å². The van der Waals surface area contributed by atoms with E-state index in [1.165, 1.54) is 4.68 Å². The van der Waals surface area contributed by atoms with Gasteiger partial charge in [0.2, 0.25) is 0 Å². The van der Waals surface area contributed by atoms with E-state index in [0.717, 1.165) is 22.0 Å². The molecule has 1 aromatic heterocycles. The van der Waals surface area contributed by atoms with Crippen molar-refractivity contribution < 1.29 is 9.47 Å². The highest BCUT2D eigenvalue weighted by atomic mass is 79.9. The normalized spacial score (nSPS) is 12.8. The Hall–Kier alpha value is -2.93. The first-order valence-corrected chi connectivity index (χ1v) is 12.6. The molecule has 3 aromatic rings. The summed E-state index contributed by atoms with van der Waals surface area (Å²) in [6.07, 6.45) is 4.94. The van der Waals surface area contributed by atoms with Crippen molar-refractivity contribution in [2.75, 3.05) is 13.7 Å². The van der Waals surface area contributed by atoms with Gasteiger partial charge in [-0.1, -0.05) is 56.6 Å². The number of fused-ring (bicyclic) bond motifs is 1. The molecule has 0 aliphatic heterocycles. The molecule has 0 aliphatic carbocycles. The molecule has 0 amide bonds. The van der Waals surface area contributed by atoms with E-state index in [4.69, 9.17) is 14.5 Å². The number of allylic oxidation sites excluding steroid dienone is 1. The Bertz CT molecular complexity index is 1310. The molecule has 0 unspecified atom stereocenters. The van der Waals surface area contributed by atoms with E-state index in [2.05, 4.69) is 55.3 Å². The number of halogens is 1. The number of hydrogen-bond donors (Lipinski definition) is 0. The second-order valence-corrected chi connectivity index (χ2v) is 10.8. The number of hydrogen-bond acceptors (Lipinski definition) is 5. The number of nitrogens with zero attached hydrogens (tertiary/aromatic N) is 3. The number of ether oxygens (including phenoxy) is 2. The summed E-state index contributed by atoms with van der Waals surface area (Å²) in [5, 5.41) is 5.11. The first-order valence-electron chi connectivity index (χ1n) is 11.8. The highest BCUT2D eigenvalue weighted by molar-refractivity contribution is 9.10. The topological polar surface area (TPSA) is 65.7 Å². The van der Waals surface area contributed by atoms with Crippen LogP contribution in [0.5, 0.6) is 11.5 Å². The molecule has 35 heavy (non-hydrogen) atoms. The van der Waals surface area contributed by atoms with E-state index in [0.29, 0.717) is 41.3 Å². The Kier molecular flexibility index (Phi) is 8.54. The van der Waals surface area contributed by atoms with Crippen LogP contribution in [-0.4, -0.2) is 29.6 Å². The molecule has 0 N–H and O–H groups in total. The fraction of sp³-hybridized carbons (Fsp3) is 0.393. The quantitative estimate of drug-likeness (QED) is 0.223. The highest BCUT2D eigenvalue weighted by Gasteiger charge is 2.18. The second-order valence-electron chi connectivity index (χ2n) is 9.86. The summed E-state index contributed by atoms with van der Waals surface area (Å²) in [5.74, 6) is 2.01. The lowest BCUT2D eigenvalue weighted by atomic mass is 9.98. The van der Waals surface area contributed by atoms with E-state index < -0.39 is 0 Å². The minimum atomic E-state index is -0.203. The summed E-state index contributed by atoms with van der Waals surface area (Å²) < 4.78 is 14.0. The maximum Gasteiger partial charge on any atom is 0.282 e. The van der Waals surface area contributed by atoms with Crippen molar-refractivity contribution in [1.82, 2.24) is 9.66 Å². The zero-order chi connectivity index (χ0) is 25.8. The number of methoxy groups -OCH3 is 1. The van der Waals surface area contributed by atoms with Crippen LogP contribution >= 0.6 is 15.9 Å². The predicted octanol–water partition coefficient (Wildman–Crippen LogP) is 6.72. The van der Waals surface area contributed by atoms with Gasteiger partial charge in [0.05, 0.1) is 30.8 Å². The van der Waals surface area contributed by atoms with Gasteiger partial charge in [-0.3, -0.25) is 4.79 Å². The van der Waals surface area contributed by atoms with Crippen LogP contribution in [0.1, 0.15) is 63.9 Å². The summed E-state index contributed by atoms with van der Waals surface area (Å²) >= 11 is 3.45. The maximum atomic E-state index is 13.4. The average Bonchev–Trinajstić information content (AvgIpc) is 2.81. The third-order valence-electron chi connectivity index (χ3n) is 5.60. The number of benzene rings is 2. The van der Waals surface area contributed by atoms with Crippen LogP contribution in [0.25, 0.3) is 10.9 Å². The van der Waals surface area contributed by atoms with Gasteiger partial charge in [-0.2, -0.15) is 9.78 Å². The Balaban J connectivity index is 2.12.